The van der Waals surface area contributed by atoms with E-state index in [1.807, 2.05) is 20.8 Å². The van der Waals surface area contributed by atoms with E-state index in [9.17, 15) is 4.79 Å². The first kappa shape index (κ1) is 17.3. The van der Waals surface area contributed by atoms with Crippen molar-refractivity contribution in [2.45, 2.75) is 20.8 Å². The summed E-state index contributed by atoms with van der Waals surface area (Å²) in [4.78, 5) is 11.3. The Morgan fingerprint density at radius 1 is 1.11 bits per heavy atom. The first-order valence-electron chi connectivity index (χ1n) is 6.07. The minimum atomic E-state index is -2.87. The molecule has 0 fully saturated rings. The summed E-state index contributed by atoms with van der Waals surface area (Å²) < 4.78 is 21.3. The summed E-state index contributed by atoms with van der Waals surface area (Å²) >= 11 is 0. The number of aliphatic hydroxyl groups excluding tert-OH is 1. The Kier molecular flexibility index (Phi) is 9.88. The van der Waals surface area contributed by atoms with Gasteiger partial charge in [-0.25, -0.2) is 4.79 Å². The Morgan fingerprint density at radius 3 is 2.00 bits per heavy atom. The Morgan fingerprint density at radius 2 is 1.61 bits per heavy atom. The van der Waals surface area contributed by atoms with Gasteiger partial charge in [-0.3, -0.25) is 0 Å². The predicted octanol–water partition coefficient (Wildman–Crippen LogP) is 0.292. The van der Waals surface area contributed by atoms with Crippen LogP contribution in [0.4, 0.5) is 4.79 Å². The van der Waals surface area contributed by atoms with Crippen molar-refractivity contribution in [2.75, 3.05) is 39.2 Å². The summed E-state index contributed by atoms with van der Waals surface area (Å²) in [6, 6.07) is 0. The number of hydrogen-bond donors (Lipinski definition) is 2. The van der Waals surface area contributed by atoms with Gasteiger partial charge in [0.05, 0.1) is 12.8 Å². The van der Waals surface area contributed by atoms with Gasteiger partial charge >= 0.3 is 14.9 Å². The third kappa shape index (κ3) is 6.92. The van der Waals surface area contributed by atoms with Crippen LogP contribution in [0.3, 0.4) is 0 Å². The molecule has 0 aliphatic heterocycles. The van der Waals surface area contributed by atoms with Gasteiger partial charge in [0.2, 0.25) is 0 Å². The zero-order valence-electron chi connectivity index (χ0n) is 11.2. The molecule has 0 aromatic carbocycles. The number of ether oxygens (including phenoxy) is 1. The molecule has 0 aromatic rings. The van der Waals surface area contributed by atoms with Crippen LogP contribution in [0.1, 0.15) is 20.8 Å². The average Bonchev–Trinajstić information content (AvgIpc) is 2.35. The fourth-order valence-electron chi connectivity index (χ4n) is 1.31. The number of carbonyl (C=O) groups is 1. The van der Waals surface area contributed by atoms with Gasteiger partial charge in [0.1, 0.15) is 6.61 Å². The van der Waals surface area contributed by atoms with E-state index in [0.29, 0.717) is 19.8 Å². The summed E-state index contributed by atoms with van der Waals surface area (Å²) in [7, 11) is -2.87. The topological polar surface area (TPSA) is 86.3 Å². The van der Waals surface area contributed by atoms with Crippen LogP contribution in [-0.4, -0.2) is 59.2 Å². The van der Waals surface area contributed by atoms with Gasteiger partial charge in [-0.1, -0.05) is 0 Å². The highest BCUT2D eigenvalue weighted by Crippen LogP contribution is 2.08. The van der Waals surface area contributed by atoms with Crippen LogP contribution in [0, 0.1) is 0 Å². The number of aliphatic hydroxyl groups is 1. The lowest BCUT2D eigenvalue weighted by Gasteiger charge is -2.28. The Balaban J connectivity index is 4.32. The molecular weight excluding hydrogens is 258 g/mol. The van der Waals surface area contributed by atoms with Crippen LogP contribution in [0.25, 0.3) is 0 Å². The third-order valence-corrected chi connectivity index (χ3v) is 4.66. The van der Waals surface area contributed by atoms with Crippen molar-refractivity contribution in [3.05, 3.63) is 0 Å². The number of carbonyl (C=O) groups excluding carboxylic acids is 1. The molecule has 0 unspecified atom stereocenters. The van der Waals surface area contributed by atoms with E-state index < -0.39 is 14.9 Å². The van der Waals surface area contributed by atoms with Crippen LogP contribution >= 0.6 is 0 Å². The lowest BCUT2D eigenvalue weighted by molar-refractivity contribution is 0.0677. The molecule has 18 heavy (non-hydrogen) atoms. The van der Waals surface area contributed by atoms with Crippen molar-refractivity contribution in [3.63, 3.8) is 0 Å². The monoisotopic (exact) mass is 281 g/mol. The van der Waals surface area contributed by atoms with Crippen LogP contribution < -0.4 is 5.32 Å². The lowest BCUT2D eigenvalue weighted by atomic mass is 10.8. The van der Waals surface area contributed by atoms with Gasteiger partial charge in [-0.05, 0) is 20.8 Å². The molecule has 7 nitrogen and oxygen atoms in total. The molecule has 8 heteroatoms. The Hall–Kier alpha value is -0.673. The summed E-state index contributed by atoms with van der Waals surface area (Å²) in [5.41, 5.74) is 0. The van der Waals surface area contributed by atoms with E-state index >= 15 is 0 Å². The molecule has 0 bridgehead atoms. The van der Waals surface area contributed by atoms with Crippen molar-refractivity contribution in [3.8, 4) is 0 Å². The van der Waals surface area contributed by atoms with Crippen molar-refractivity contribution in [1.29, 1.82) is 0 Å². The first-order valence-corrected chi connectivity index (χ1v) is 8.00. The van der Waals surface area contributed by atoms with Gasteiger partial charge in [0, 0.05) is 19.8 Å². The molecule has 0 heterocycles. The van der Waals surface area contributed by atoms with Crippen molar-refractivity contribution in [1.82, 2.24) is 5.32 Å². The zero-order chi connectivity index (χ0) is 13.9. The average molecular weight is 281 g/mol. The Labute approximate surface area is 109 Å². The fraction of sp³-hybridized carbons (Fsp3) is 0.900. The minimum absolute atomic E-state index is 0.0434. The molecule has 0 atom stereocenters. The summed E-state index contributed by atoms with van der Waals surface area (Å²) in [6.45, 7) is 6.59. The zero-order valence-corrected chi connectivity index (χ0v) is 12.2. The highest BCUT2D eigenvalue weighted by molar-refractivity contribution is 6.61. The molecule has 0 spiro atoms. The SMILES string of the molecule is CCO[Si](CNC(=O)OCCO)(OCC)OCC. The first-order chi connectivity index (χ1) is 8.64. The number of hydrogen-bond acceptors (Lipinski definition) is 6. The van der Waals surface area contributed by atoms with Gasteiger partial charge in [-0.2, -0.15) is 0 Å². The summed E-state index contributed by atoms with van der Waals surface area (Å²) in [6.07, 6.45) is -0.479. The molecule has 0 aliphatic rings. The van der Waals surface area contributed by atoms with Gasteiger partial charge < -0.3 is 28.4 Å². The summed E-state index contributed by atoms with van der Waals surface area (Å²) in [5, 5.41) is 11.1. The largest absolute Gasteiger partial charge is 0.521 e. The number of nitrogens with one attached hydrogen (secondary N) is 1. The smallest absolute Gasteiger partial charge is 0.447 e. The standard InChI is InChI=1S/C10H23NO6Si/c1-4-15-18(16-5-2,17-6-3)9-11-10(13)14-8-7-12/h12H,4-9H2,1-3H3,(H,11,13). The number of rotatable bonds is 10. The third-order valence-electron chi connectivity index (χ3n) is 1.87. The Bertz CT molecular complexity index is 211. The molecular formula is C10H23NO6Si. The van der Waals surface area contributed by atoms with E-state index in [0.717, 1.165) is 0 Å². The van der Waals surface area contributed by atoms with E-state index in [-0.39, 0.29) is 19.4 Å². The van der Waals surface area contributed by atoms with Crippen LogP contribution in [0.5, 0.6) is 0 Å². The molecule has 1 amide bonds. The van der Waals surface area contributed by atoms with Gasteiger partial charge in [0.25, 0.3) is 0 Å². The van der Waals surface area contributed by atoms with E-state index in [4.69, 9.17) is 18.4 Å². The second kappa shape index (κ2) is 10.3. The van der Waals surface area contributed by atoms with E-state index in [1.54, 1.807) is 0 Å². The number of alkyl carbamates (subject to hydrolysis) is 1. The maximum Gasteiger partial charge on any atom is 0.521 e. The van der Waals surface area contributed by atoms with Gasteiger partial charge in [0.15, 0.2) is 0 Å². The molecule has 0 saturated carbocycles. The normalized spacial score (nSPS) is 11.3. The second-order valence-electron chi connectivity index (χ2n) is 3.20. The number of amides is 1. The molecule has 108 valence electrons. The van der Waals surface area contributed by atoms with Gasteiger partial charge in [-0.15, -0.1) is 0 Å². The van der Waals surface area contributed by atoms with E-state index in [2.05, 4.69) is 10.1 Å². The molecule has 0 saturated heterocycles. The molecule has 2 N–H and O–H groups in total. The highest BCUT2D eigenvalue weighted by atomic mass is 28.4. The lowest BCUT2D eigenvalue weighted by Crippen LogP contribution is -2.55. The quantitative estimate of drug-likeness (QED) is 0.560. The second-order valence-corrected chi connectivity index (χ2v) is 5.78. The van der Waals surface area contributed by atoms with Crippen LogP contribution in [0.15, 0.2) is 0 Å². The molecule has 0 aliphatic carbocycles. The van der Waals surface area contributed by atoms with E-state index in [1.165, 1.54) is 0 Å². The minimum Gasteiger partial charge on any atom is -0.447 e. The van der Waals surface area contributed by atoms with Crippen LogP contribution in [-0.2, 0) is 18.0 Å². The maximum atomic E-state index is 11.3. The van der Waals surface area contributed by atoms with Crippen molar-refractivity contribution < 1.29 is 27.9 Å². The summed E-state index contributed by atoms with van der Waals surface area (Å²) in [5.74, 6) is 0. The molecule has 0 radical (unpaired) electrons. The highest BCUT2D eigenvalue weighted by Gasteiger charge is 2.41. The van der Waals surface area contributed by atoms with Crippen molar-refractivity contribution in [2.24, 2.45) is 0 Å². The van der Waals surface area contributed by atoms with Crippen LogP contribution in [0.2, 0.25) is 0 Å². The van der Waals surface area contributed by atoms with Crippen molar-refractivity contribution >= 4 is 14.9 Å². The molecule has 0 rings (SSSR count). The maximum absolute atomic E-state index is 11.3. The fourth-order valence-corrected chi connectivity index (χ4v) is 3.54. The predicted molar refractivity (Wildman–Crippen MR) is 67.1 cm³/mol. The molecule has 0 aromatic heterocycles.